The van der Waals surface area contributed by atoms with Gasteiger partial charge >= 0.3 is 0 Å². The zero-order chi connectivity index (χ0) is 10.0. The van der Waals surface area contributed by atoms with Gasteiger partial charge in [-0.05, 0) is 0 Å². The van der Waals surface area contributed by atoms with E-state index in [9.17, 15) is 14.3 Å². The molecule has 1 rings (SSSR count). The van der Waals surface area contributed by atoms with Gasteiger partial charge in [-0.25, -0.2) is 4.21 Å². The van der Waals surface area contributed by atoms with Gasteiger partial charge in [0, 0.05) is 23.5 Å². The molecule has 0 radical (unpaired) electrons. The van der Waals surface area contributed by atoms with Crippen LogP contribution in [0.2, 0.25) is 0 Å². The van der Waals surface area contributed by atoms with Crippen LogP contribution in [0.4, 0.5) is 0 Å². The summed E-state index contributed by atoms with van der Waals surface area (Å²) in [5, 5.41) is 9.60. The van der Waals surface area contributed by atoms with Crippen LogP contribution in [0.3, 0.4) is 0 Å². The summed E-state index contributed by atoms with van der Waals surface area (Å²) in [6, 6.07) is -0.784. The van der Waals surface area contributed by atoms with Crippen LogP contribution >= 0.6 is 0 Å². The Morgan fingerprint density at radius 3 is 2.85 bits per heavy atom. The van der Waals surface area contributed by atoms with Gasteiger partial charge in [0.25, 0.3) is 0 Å². The van der Waals surface area contributed by atoms with Gasteiger partial charge < -0.3 is 10.3 Å². The molecule has 1 aliphatic rings. The number of nitrogens with zero attached hydrogens (tertiary/aromatic N) is 1. The predicted molar refractivity (Wildman–Crippen MR) is 46.8 cm³/mol. The molecule has 0 spiro atoms. The monoisotopic (exact) mass is 206 g/mol. The average Bonchev–Trinajstić information content (AvgIpc) is 2.04. The topological polar surface area (TPSA) is 106 Å². The minimum Gasteiger partial charge on any atom is -0.401 e. The molecule has 0 aromatic carbocycles. The van der Waals surface area contributed by atoms with Crippen LogP contribution in [0.25, 0.3) is 0 Å². The normalized spacial score (nSPS) is 30.7. The first-order valence-corrected chi connectivity index (χ1v) is 4.88. The summed E-state index contributed by atoms with van der Waals surface area (Å²) in [5.74, 6) is 0. The van der Waals surface area contributed by atoms with E-state index in [2.05, 4.69) is 0 Å². The summed E-state index contributed by atoms with van der Waals surface area (Å²) in [5.41, 5.74) is 5.70. The van der Waals surface area contributed by atoms with Gasteiger partial charge in [0.2, 0.25) is 6.04 Å². The number of hydrogen-bond donors (Lipinski definition) is 2. The molecule has 0 aromatic rings. The Morgan fingerprint density at radius 1 is 1.77 bits per heavy atom. The van der Waals surface area contributed by atoms with Crippen LogP contribution in [0.15, 0.2) is 11.8 Å². The fourth-order valence-corrected chi connectivity index (χ4v) is 1.97. The molecule has 3 unspecified atom stereocenters. The van der Waals surface area contributed by atoms with E-state index in [-0.39, 0.29) is 18.5 Å². The summed E-state index contributed by atoms with van der Waals surface area (Å²) in [4.78, 5) is 9.94. The lowest BCUT2D eigenvalue weighted by molar-refractivity contribution is -0.522. The van der Waals surface area contributed by atoms with E-state index in [4.69, 9.17) is 10.3 Å². The van der Waals surface area contributed by atoms with E-state index >= 15 is 0 Å². The van der Waals surface area contributed by atoms with Crippen molar-refractivity contribution in [1.29, 1.82) is 0 Å². The smallest absolute Gasteiger partial charge is 0.218 e. The van der Waals surface area contributed by atoms with E-state index in [0.717, 1.165) is 0 Å². The molecular formula is C6H10N2O4S. The molecule has 0 aliphatic heterocycles. The number of hydrogen-bond acceptors (Lipinski definition) is 4. The van der Waals surface area contributed by atoms with Crippen molar-refractivity contribution in [2.75, 3.05) is 0 Å². The summed E-state index contributed by atoms with van der Waals surface area (Å²) >= 11 is -2.12. The van der Waals surface area contributed by atoms with Gasteiger partial charge in [-0.2, -0.15) is 0 Å². The Hall–Kier alpha value is -0.950. The Bertz CT molecular complexity index is 278. The van der Waals surface area contributed by atoms with Crippen LogP contribution < -0.4 is 5.73 Å². The highest BCUT2D eigenvalue weighted by molar-refractivity contribution is 7.80. The highest BCUT2D eigenvalue weighted by Crippen LogP contribution is 2.21. The SMILES string of the molecule is NC1=CCC([N+](=O)[O-])CC1S(=O)O. The number of nitrogens with two attached hydrogens (primary N) is 1. The minimum atomic E-state index is -2.12. The van der Waals surface area contributed by atoms with Crippen LogP contribution in [0.5, 0.6) is 0 Å². The van der Waals surface area contributed by atoms with Gasteiger partial charge in [0.05, 0.1) is 0 Å². The van der Waals surface area contributed by atoms with Crippen LogP contribution in [-0.4, -0.2) is 25.0 Å². The average molecular weight is 206 g/mol. The largest absolute Gasteiger partial charge is 0.401 e. The lowest BCUT2D eigenvalue weighted by Gasteiger charge is -2.20. The molecule has 3 N–H and O–H groups in total. The Balaban J connectivity index is 2.77. The third kappa shape index (κ3) is 2.25. The van der Waals surface area contributed by atoms with Gasteiger partial charge in [-0.3, -0.25) is 10.1 Å². The first-order valence-electron chi connectivity index (χ1n) is 3.71. The van der Waals surface area contributed by atoms with Crippen LogP contribution in [-0.2, 0) is 11.1 Å². The van der Waals surface area contributed by atoms with Gasteiger partial charge in [-0.1, -0.05) is 6.08 Å². The molecule has 7 heteroatoms. The van der Waals surface area contributed by atoms with Gasteiger partial charge in [0.1, 0.15) is 5.25 Å². The third-order valence-electron chi connectivity index (χ3n) is 2.03. The van der Waals surface area contributed by atoms with E-state index in [1.54, 1.807) is 0 Å². The van der Waals surface area contributed by atoms with Crippen molar-refractivity contribution in [3.8, 4) is 0 Å². The van der Waals surface area contributed by atoms with Crippen molar-refractivity contribution in [1.82, 2.24) is 0 Å². The fraction of sp³-hybridized carbons (Fsp3) is 0.667. The first kappa shape index (κ1) is 10.1. The molecule has 3 atom stereocenters. The van der Waals surface area contributed by atoms with E-state index in [1.165, 1.54) is 6.08 Å². The zero-order valence-corrected chi connectivity index (χ0v) is 7.57. The Labute approximate surface area is 77.2 Å². The van der Waals surface area contributed by atoms with Crippen LogP contribution in [0.1, 0.15) is 12.8 Å². The first-order chi connectivity index (χ1) is 6.02. The van der Waals surface area contributed by atoms with Crippen molar-refractivity contribution in [3.63, 3.8) is 0 Å². The maximum absolute atomic E-state index is 10.7. The summed E-state index contributed by atoms with van der Waals surface area (Å²) < 4.78 is 19.5. The molecule has 0 bridgehead atoms. The third-order valence-corrected chi connectivity index (χ3v) is 2.98. The molecule has 1 aliphatic carbocycles. The second kappa shape index (κ2) is 3.84. The minimum absolute atomic E-state index is 0.0401. The zero-order valence-electron chi connectivity index (χ0n) is 6.75. The van der Waals surface area contributed by atoms with Crippen molar-refractivity contribution < 1.29 is 13.7 Å². The van der Waals surface area contributed by atoms with Crippen molar-refractivity contribution in [2.45, 2.75) is 24.1 Å². The second-order valence-electron chi connectivity index (χ2n) is 2.88. The lowest BCUT2D eigenvalue weighted by atomic mass is 10.00. The van der Waals surface area contributed by atoms with E-state index < -0.39 is 27.3 Å². The quantitative estimate of drug-likeness (QED) is 0.371. The van der Waals surface area contributed by atoms with E-state index in [1.807, 2.05) is 0 Å². The summed E-state index contributed by atoms with van der Waals surface area (Å²) in [7, 11) is 0. The molecule has 0 heterocycles. The standard InChI is InChI=1S/C6H10N2O4S/c7-5-2-1-4(8(9)10)3-6(5)13(11)12/h2,4,6H,1,3,7H2,(H,11,12). The molecule has 0 amide bonds. The molecule has 0 fully saturated rings. The van der Waals surface area contributed by atoms with Crippen LogP contribution in [0, 0.1) is 10.1 Å². The maximum Gasteiger partial charge on any atom is 0.218 e. The molecule has 0 saturated heterocycles. The molecular weight excluding hydrogens is 196 g/mol. The predicted octanol–water partition coefficient (Wildman–Crippen LogP) is -0.142. The highest BCUT2D eigenvalue weighted by atomic mass is 32.2. The van der Waals surface area contributed by atoms with Crippen molar-refractivity contribution in [2.24, 2.45) is 5.73 Å². The summed E-state index contributed by atoms with van der Waals surface area (Å²) in [6.07, 6.45) is 1.74. The highest BCUT2D eigenvalue weighted by Gasteiger charge is 2.33. The fourth-order valence-electron chi connectivity index (χ4n) is 1.25. The Kier molecular flexibility index (Phi) is 2.99. The molecule has 0 aromatic heterocycles. The number of rotatable bonds is 2. The van der Waals surface area contributed by atoms with Gasteiger partial charge in [0.15, 0.2) is 11.1 Å². The molecule has 13 heavy (non-hydrogen) atoms. The molecule has 74 valence electrons. The number of nitro groups is 1. The maximum atomic E-state index is 10.7. The second-order valence-corrected chi connectivity index (χ2v) is 4.00. The Morgan fingerprint density at radius 2 is 2.38 bits per heavy atom. The molecule has 0 saturated carbocycles. The molecule has 6 nitrogen and oxygen atoms in total. The lowest BCUT2D eigenvalue weighted by Crippen LogP contribution is -2.35. The summed E-state index contributed by atoms with van der Waals surface area (Å²) in [6.45, 7) is 0. The van der Waals surface area contributed by atoms with Gasteiger partial charge in [-0.15, -0.1) is 0 Å². The van der Waals surface area contributed by atoms with Crippen molar-refractivity contribution in [3.05, 3.63) is 21.9 Å². The van der Waals surface area contributed by atoms with E-state index in [0.29, 0.717) is 0 Å². The van der Waals surface area contributed by atoms with Crippen molar-refractivity contribution >= 4 is 11.1 Å².